The van der Waals surface area contributed by atoms with Crippen molar-refractivity contribution in [3.8, 4) is 0 Å². The van der Waals surface area contributed by atoms with Gasteiger partial charge >= 0.3 is 6.09 Å². The van der Waals surface area contributed by atoms with Crippen molar-refractivity contribution in [2.75, 3.05) is 19.6 Å². The fraction of sp³-hybridized carbons (Fsp3) is 0.625. The molecule has 2 rings (SSSR count). The largest absolute Gasteiger partial charge is 1.00 e. The Morgan fingerprint density at radius 1 is 1.04 bits per heavy atom. The molecule has 0 bridgehead atoms. The zero-order chi connectivity index (χ0) is 18.6. The fourth-order valence-corrected chi connectivity index (χ4v) is 2.77. The molecule has 1 aliphatic carbocycles. The Morgan fingerprint density at radius 2 is 1.58 bits per heavy atom. The molecule has 0 unspecified atom stereocenters. The summed E-state index contributed by atoms with van der Waals surface area (Å²) in [5.74, 6) is -7.69. The summed E-state index contributed by atoms with van der Waals surface area (Å²) in [5, 5.41) is 1.92. The third kappa shape index (κ3) is 4.95. The van der Waals surface area contributed by atoms with Crippen molar-refractivity contribution in [2.24, 2.45) is 0 Å². The smallest absolute Gasteiger partial charge is 0.408 e. The number of unbranched alkanes of at least 4 members (excludes halogenated alkanes) is 1. The van der Waals surface area contributed by atoms with Gasteiger partial charge in [0.05, 0.1) is 0 Å². The van der Waals surface area contributed by atoms with Crippen LogP contribution < -0.4 is 17.7 Å². The van der Waals surface area contributed by atoms with Crippen LogP contribution in [0.4, 0.5) is 4.79 Å². The predicted molar refractivity (Wildman–Crippen MR) is 82.8 cm³/mol. The van der Waals surface area contributed by atoms with Crippen molar-refractivity contribution in [3.05, 3.63) is 0 Å². The summed E-state index contributed by atoms with van der Waals surface area (Å²) < 4.78 is 5.15. The molecule has 0 atom stereocenters. The zero-order valence-electron chi connectivity index (χ0n) is 14.3. The number of halogens is 1. The van der Waals surface area contributed by atoms with Crippen molar-refractivity contribution in [3.63, 3.8) is 0 Å². The number of alkyl carbamates (subject to hydrolysis) is 1. The van der Waals surface area contributed by atoms with Crippen LogP contribution >= 0.6 is 0 Å². The number of hydrogen-bond donors (Lipinski definition) is 1. The molecule has 26 heavy (non-hydrogen) atoms. The van der Waals surface area contributed by atoms with Gasteiger partial charge in [-0.3, -0.25) is 24.0 Å². The number of carbonyl (C=O) groups is 6. The average Bonchev–Trinajstić information content (AvgIpc) is 2.61. The van der Waals surface area contributed by atoms with Crippen molar-refractivity contribution < 1.29 is 45.9 Å². The summed E-state index contributed by atoms with van der Waals surface area (Å²) in [5.41, 5.74) is 0. The van der Waals surface area contributed by atoms with Gasteiger partial charge in [0.2, 0.25) is 11.6 Å². The van der Waals surface area contributed by atoms with E-state index < -0.39 is 41.1 Å². The van der Waals surface area contributed by atoms with Gasteiger partial charge < -0.3 is 27.4 Å². The van der Waals surface area contributed by atoms with Gasteiger partial charge in [0.1, 0.15) is 6.10 Å². The van der Waals surface area contributed by atoms with Crippen molar-refractivity contribution in [2.45, 2.75) is 44.8 Å². The number of nitrogens with zero attached hydrogens (tertiary/aromatic N) is 1. The van der Waals surface area contributed by atoms with E-state index in [1.807, 2.05) is 5.32 Å². The number of ether oxygens (including phenoxy) is 1. The molecule has 1 aliphatic heterocycles. The summed E-state index contributed by atoms with van der Waals surface area (Å²) >= 11 is 0. The molecule has 9 nitrogen and oxygen atoms in total. The second-order valence-electron chi connectivity index (χ2n) is 6.09. The Kier molecular flexibility index (Phi) is 8.04. The number of carbonyl (C=O) groups excluding carboxylic acids is 6. The number of Topliss-reactive ketones (excluding diaryl/α,β-unsaturated/α-hetero) is 5. The van der Waals surface area contributed by atoms with E-state index in [1.54, 1.807) is 0 Å². The van der Waals surface area contributed by atoms with E-state index in [4.69, 9.17) is 4.74 Å². The van der Waals surface area contributed by atoms with E-state index in [0.717, 1.165) is 32.5 Å². The minimum Gasteiger partial charge on any atom is -1.00 e. The number of ketones is 5. The molecule has 0 aromatic rings. The summed E-state index contributed by atoms with van der Waals surface area (Å²) in [6.45, 7) is 4.63. The Hall–Kier alpha value is -2.13. The second-order valence-corrected chi connectivity index (χ2v) is 6.09. The lowest BCUT2D eigenvalue weighted by molar-refractivity contribution is -0.156. The molecular formula is C16H20ClN2O7-. The van der Waals surface area contributed by atoms with Crippen LogP contribution in [-0.4, -0.2) is 71.7 Å². The molecule has 1 saturated heterocycles. The third-order valence-corrected chi connectivity index (χ3v) is 4.28. The lowest BCUT2D eigenvalue weighted by Gasteiger charge is -2.31. The van der Waals surface area contributed by atoms with E-state index >= 15 is 0 Å². The van der Waals surface area contributed by atoms with Crippen molar-refractivity contribution in [1.82, 2.24) is 10.2 Å². The Labute approximate surface area is 156 Å². The number of nitrogens with one attached hydrogen (secondary N) is 1. The first-order valence-electron chi connectivity index (χ1n) is 8.25. The maximum absolute atomic E-state index is 11.9. The maximum Gasteiger partial charge on any atom is 0.408 e. The van der Waals surface area contributed by atoms with Gasteiger partial charge in [0.15, 0.2) is 6.04 Å². The first kappa shape index (κ1) is 21.9. The van der Waals surface area contributed by atoms with Crippen LogP contribution in [0.15, 0.2) is 0 Å². The monoisotopic (exact) mass is 387 g/mol. The van der Waals surface area contributed by atoms with Crippen LogP contribution in [0.2, 0.25) is 0 Å². The van der Waals surface area contributed by atoms with Crippen LogP contribution in [0.3, 0.4) is 0 Å². The zero-order valence-corrected chi connectivity index (χ0v) is 15.0. The van der Waals surface area contributed by atoms with Crippen LogP contribution in [0.5, 0.6) is 0 Å². The molecule has 2 aliphatic rings. The number of rotatable bonds is 5. The molecule has 0 aromatic carbocycles. The molecule has 2 fully saturated rings. The summed E-state index contributed by atoms with van der Waals surface area (Å²) in [6.07, 6.45) is 1.98. The van der Waals surface area contributed by atoms with Gasteiger partial charge in [-0.2, -0.15) is 0 Å². The van der Waals surface area contributed by atoms with E-state index in [0.29, 0.717) is 12.8 Å². The van der Waals surface area contributed by atoms with Crippen molar-refractivity contribution in [1.29, 1.82) is 0 Å². The highest BCUT2D eigenvalue weighted by Gasteiger charge is 2.49. The minimum atomic E-state index is -1.98. The molecule has 0 spiro atoms. The highest BCUT2D eigenvalue weighted by molar-refractivity contribution is 6.92. The van der Waals surface area contributed by atoms with Gasteiger partial charge in [-0.1, -0.05) is 13.3 Å². The number of piperidine rings is 1. The van der Waals surface area contributed by atoms with Gasteiger partial charge in [0.25, 0.3) is 17.3 Å². The van der Waals surface area contributed by atoms with Gasteiger partial charge in [-0.05, 0) is 25.8 Å². The molecular weight excluding hydrogens is 368 g/mol. The number of hydrogen-bond acceptors (Lipinski definition) is 8. The van der Waals surface area contributed by atoms with Gasteiger partial charge in [-0.25, -0.2) is 4.79 Å². The Balaban J connectivity index is 0.00000338. The van der Waals surface area contributed by atoms with Crippen LogP contribution in [0, 0.1) is 0 Å². The minimum absolute atomic E-state index is 0. The molecule has 1 N–H and O–H groups in total. The van der Waals surface area contributed by atoms with Crippen molar-refractivity contribution >= 4 is 35.0 Å². The SMILES string of the molecule is CCCCN1CCC(OC(=O)NC2C(=O)C(=O)C(=O)C(=O)C2=O)CC1.[Cl-]. The molecule has 0 aromatic heterocycles. The Morgan fingerprint density at radius 3 is 2.08 bits per heavy atom. The summed E-state index contributed by atoms with van der Waals surface area (Å²) in [6, 6.07) is -1.98. The third-order valence-electron chi connectivity index (χ3n) is 4.28. The van der Waals surface area contributed by atoms with Crippen LogP contribution in [0.1, 0.15) is 32.6 Å². The van der Waals surface area contributed by atoms with Crippen LogP contribution in [-0.2, 0) is 28.7 Å². The summed E-state index contributed by atoms with van der Waals surface area (Å²) in [7, 11) is 0. The average molecular weight is 388 g/mol. The summed E-state index contributed by atoms with van der Waals surface area (Å²) in [4.78, 5) is 71.1. The van der Waals surface area contributed by atoms with Gasteiger partial charge in [-0.15, -0.1) is 0 Å². The Bertz CT molecular complexity index is 596. The molecule has 10 heteroatoms. The number of likely N-dealkylation sites (tertiary alicyclic amines) is 1. The van der Waals surface area contributed by atoms with Gasteiger partial charge in [0, 0.05) is 13.1 Å². The molecule has 0 radical (unpaired) electrons. The van der Waals surface area contributed by atoms with E-state index in [1.165, 1.54) is 0 Å². The van der Waals surface area contributed by atoms with E-state index in [2.05, 4.69) is 11.8 Å². The molecule has 1 amide bonds. The first-order chi connectivity index (χ1) is 11.8. The lowest BCUT2D eigenvalue weighted by atomic mass is 9.89. The number of amides is 1. The highest BCUT2D eigenvalue weighted by Crippen LogP contribution is 2.15. The lowest BCUT2D eigenvalue weighted by Crippen LogP contribution is -3.00. The first-order valence-corrected chi connectivity index (χ1v) is 8.25. The van der Waals surface area contributed by atoms with Crippen LogP contribution in [0.25, 0.3) is 0 Å². The van der Waals surface area contributed by atoms with E-state index in [-0.39, 0.29) is 18.5 Å². The highest BCUT2D eigenvalue weighted by atomic mass is 35.5. The standard InChI is InChI=1S/C16H20N2O7.ClH/c1-2-3-6-18-7-4-9(5-8-18)25-16(24)17-10-11(19)13(21)15(23)14(22)12(10)20;/h9-10H,2-8H2,1H3,(H,17,24);1H/p-1. The molecule has 144 valence electrons. The maximum atomic E-state index is 11.9. The quantitative estimate of drug-likeness (QED) is 0.376. The molecule has 1 heterocycles. The van der Waals surface area contributed by atoms with E-state index in [9.17, 15) is 28.8 Å². The predicted octanol–water partition coefficient (Wildman–Crippen LogP) is -3.79. The normalized spacial score (nSPS) is 20.1. The fourth-order valence-electron chi connectivity index (χ4n) is 2.77. The second kappa shape index (κ2) is 9.54. The molecule has 1 saturated carbocycles. The topological polar surface area (TPSA) is 127 Å².